The molecule has 1 aliphatic rings. The first-order chi connectivity index (χ1) is 13.6. The monoisotopic (exact) mass is 395 g/mol. The molecule has 1 amide bonds. The molecule has 0 spiro atoms. The zero-order valence-corrected chi connectivity index (χ0v) is 17.2. The van der Waals surface area contributed by atoms with Crippen molar-refractivity contribution >= 4 is 11.7 Å². The standard InChI is InChI=1S/C24H26FNO3/c1-5-19(27)20-21(16-8-10-17(11-9-16)24(2,3)4)26(23(29)22(20)28)14-15-6-12-18(25)13-7-15/h6-13,21,28H,5,14H2,1-4H3. The van der Waals surface area contributed by atoms with E-state index < -0.39 is 17.7 Å². The number of Topliss-reactive ketones (excluding diaryl/α,β-unsaturated/α-hetero) is 1. The number of ketones is 1. The van der Waals surface area contributed by atoms with Gasteiger partial charge in [0.05, 0.1) is 11.6 Å². The lowest BCUT2D eigenvalue weighted by atomic mass is 9.85. The Balaban J connectivity index is 2.04. The summed E-state index contributed by atoms with van der Waals surface area (Å²) in [5, 5.41) is 10.5. The lowest BCUT2D eigenvalue weighted by molar-refractivity contribution is -0.130. The van der Waals surface area contributed by atoms with Crippen molar-refractivity contribution < 1.29 is 19.1 Å². The van der Waals surface area contributed by atoms with Crippen LogP contribution in [0.5, 0.6) is 0 Å². The number of aliphatic hydroxyl groups excluding tert-OH is 1. The highest BCUT2D eigenvalue weighted by Gasteiger charge is 2.42. The fourth-order valence-electron chi connectivity index (χ4n) is 3.59. The van der Waals surface area contributed by atoms with Crippen LogP contribution in [0.4, 0.5) is 4.39 Å². The van der Waals surface area contributed by atoms with E-state index >= 15 is 0 Å². The van der Waals surface area contributed by atoms with E-state index in [2.05, 4.69) is 20.8 Å². The Bertz CT molecular complexity index is 953. The summed E-state index contributed by atoms with van der Waals surface area (Å²) in [6.07, 6.45) is 0.188. The number of aliphatic hydroxyl groups is 1. The number of hydrogen-bond donors (Lipinski definition) is 1. The van der Waals surface area contributed by atoms with Gasteiger partial charge >= 0.3 is 0 Å². The van der Waals surface area contributed by atoms with Gasteiger partial charge in [0, 0.05) is 13.0 Å². The van der Waals surface area contributed by atoms with Crippen LogP contribution >= 0.6 is 0 Å². The number of carbonyl (C=O) groups is 2. The number of amides is 1. The smallest absolute Gasteiger partial charge is 0.290 e. The van der Waals surface area contributed by atoms with Crippen molar-refractivity contribution in [1.29, 1.82) is 0 Å². The highest BCUT2D eigenvalue weighted by atomic mass is 19.1. The lowest BCUT2D eigenvalue weighted by Gasteiger charge is -2.28. The predicted molar refractivity (Wildman–Crippen MR) is 110 cm³/mol. The van der Waals surface area contributed by atoms with Crippen LogP contribution in [-0.2, 0) is 21.5 Å². The number of hydrogen-bond acceptors (Lipinski definition) is 3. The number of carbonyl (C=O) groups excluding carboxylic acids is 2. The summed E-state index contributed by atoms with van der Waals surface area (Å²) in [6.45, 7) is 8.20. The zero-order valence-electron chi connectivity index (χ0n) is 17.2. The third kappa shape index (κ3) is 4.09. The summed E-state index contributed by atoms with van der Waals surface area (Å²) in [6, 6.07) is 12.9. The van der Waals surface area contributed by atoms with E-state index in [1.54, 1.807) is 19.1 Å². The summed E-state index contributed by atoms with van der Waals surface area (Å²) in [5.41, 5.74) is 2.71. The van der Waals surface area contributed by atoms with Crippen molar-refractivity contribution in [1.82, 2.24) is 4.90 Å². The fraction of sp³-hybridized carbons (Fsp3) is 0.333. The van der Waals surface area contributed by atoms with Crippen LogP contribution in [0.15, 0.2) is 59.9 Å². The maximum Gasteiger partial charge on any atom is 0.290 e. The van der Waals surface area contributed by atoms with Crippen LogP contribution in [0.3, 0.4) is 0 Å². The van der Waals surface area contributed by atoms with E-state index in [-0.39, 0.29) is 35.6 Å². The fourth-order valence-corrected chi connectivity index (χ4v) is 3.59. The molecule has 1 aliphatic heterocycles. The van der Waals surface area contributed by atoms with Gasteiger partial charge in [-0.2, -0.15) is 0 Å². The van der Waals surface area contributed by atoms with Crippen molar-refractivity contribution in [2.75, 3.05) is 0 Å². The highest BCUT2D eigenvalue weighted by molar-refractivity contribution is 6.08. The van der Waals surface area contributed by atoms with E-state index in [1.807, 2.05) is 24.3 Å². The quantitative estimate of drug-likeness (QED) is 0.775. The largest absolute Gasteiger partial charge is 0.503 e. The molecule has 0 radical (unpaired) electrons. The number of nitrogens with zero attached hydrogens (tertiary/aromatic N) is 1. The van der Waals surface area contributed by atoms with Gasteiger partial charge in [0.2, 0.25) is 0 Å². The molecule has 0 bridgehead atoms. The molecule has 0 fully saturated rings. The molecule has 0 saturated carbocycles. The topological polar surface area (TPSA) is 57.6 Å². The minimum atomic E-state index is -0.672. The Labute approximate surface area is 170 Å². The van der Waals surface area contributed by atoms with Crippen LogP contribution in [0, 0.1) is 5.82 Å². The third-order valence-electron chi connectivity index (χ3n) is 5.28. The molecular weight excluding hydrogens is 369 g/mol. The molecule has 152 valence electrons. The zero-order chi connectivity index (χ0) is 21.3. The summed E-state index contributed by atoms with van der Waals surface area (Å²) in [7, 11) is 0. The van der Waals surface area contributed by atoms with E-state index in [1.165, 1.54) is 17.0 Å². The summed E-state index contributed by atoms with van der Waals surface area (Å²) < 4.78 is 13.3. The minimum Gasteiger partial charge on any atom is -0.503 e. The van der Waals surface area contributed by atoms with Gasteiger partial charge in [0.15, 0.2) is 11.5 Å². The van der Waals surface area contributed by atoms with Crippen LogP contribution in [0.25, 0.3) is 0 Å². The van der Waals surface area contributed by atoms with Gasteiger partial charge in [-0.05, 0) is 34.2 Å². The normalized spacial score (nSPS) is 17.2. The molecule has 1 heterocycles. The Kier molecular flexibility index (Phi) is 5.60. The molecule has 2 aromatic carbocycles. The van der Waals surface area contributed by atoms with Crippen molar-refractivity contribution in [3.8, 4) is 0 Å². The van der Waals surface area contributed by atoms with Crippen LogP contribution in [0.1, 0.15) is 56.8 Å². The summed E-state index contributed by atoms with van der Waals surface area (Å²) >= 11 is 0. The Morgan fingerprint density at radius 3 is 2.17 bits per heavy atom. The van der Waals surface area contributed by atoms with Gasteiger partial charge in [-0.15, -0.1) is 0 Å². The van der Waals surface area contributed by atoms with Gasteiger partial charge < -0.3 is 10.0 Å². The molecule has 0 aromatic heterocycles. The van der Waals surface area contributed by atoms with E-state index in [4.69, 9.17) is 0 Å². The summed E-state index contributed by atoms with van der Waals surface area (Å²) in [5.74, 6) is -1.71. The van der Waals surface area contributed by atoms with Gasteiger partial charge in [0.25, 0.3) is 5.91 Å². The molecule has 5 heteroatoms. The van der Waals surface area contributed by atoms with Crippen LogP contribution < -0.4 is 0 Å². The predicted octanol–water partition coefficient (Wildman–Crippen LogP) is 5.00. The molecule has 1 unspecified atom stereocenters. The highest BCUT2D eigenvalue weighted by Crippen LogP contribution is 2.39. The molecule has 3 rings (SSSR count). The Morgan fingerprint density at radius 2 is 1.66 bits per heavy atom. The van der Waals surface area contributed by atoms with Gasteiger partial charge in [-0.1, -0.05) is 64.1 Å². The SMILES string of the molecule is CCC(=O)C1=C(O)C(=O)N(Cc2ccc(F)cc2)C1c1ccc(C(C)(C)C)cc1. The Hall–Kier alpha value is -2.95. The molecule has 0 aliphatic carbocycles. The molecular formula is C24H26FNO3. The van der Waals surface area contributed by atoms with E-state index in [0.717, 1.165) is 11.1 Å². The van der Waals surface area contributed by atoms with Crippen molar-refractivity contribution in [2.24, 2.45) is 0 Å². The molecule has 29 heavy (non-hydrogen) atoms. The molecule has 2 aromatic rings. The van der Waals surface area contributed by atoms with Crippen molar-refractivity contribution in [2.45, 2.75) is 52.1 Å². The first-order valence-corrected chi connectivity index (χ1v) is 9.75. The first-order valence-electron chi connectivity index (χ1n) is 9.75. The van der Waals surface area contributed by atoms with E-state index in [0.29, 0.717) is 5.56 Å². The van der Waals surface area contributed by atoms with E-state index in [9.17, 15) is 19.1 Å². The van der Waals surface area contributed by atoms with Crippen molar-refractivity contribution in [3.63, 3.8) is 0 Å². The maximum atomic E-state index is 13.3. The van der Waals surface area contributed by atoms with Crippen LogP contribution in [0.2, 0.25) is 0 Å². The van der Waals surface area contributed by atoms with Gasteiger partial charge in [-0.25, -0.2) is 4.39 Å². The second kappa shape index (κ2) is 7.82. The first kappa shape index (κ1) is 20.8. The minimum absolute atomic E-state index is 0.0299. The maximum absolute atomic E-state index is 13.3. The molecule has 4 nitrogen and oxygen atoms in total. The average Bonchev–Trinajstić information content (AvgIpc) is 2.93. The lowest BCUT2D eigenvalue weighted by Crippen LogP contribution is -2.30. The number of halogens is 1. The number of rotatable bonds is 5. The second-order valence-corrected chi connectivity index (χ2v) is 8.37. The molecule has 0 saturated heterocycles. The average molecular weight is 395 g/mol. The van der Waals surface area contributed by atoms with Gasteiger partial charge in [0.1, 0.15) is 5.82 Å². The second-order valence-electron chi connectivity index (χ2n) is 8.37. The van der Waals surface area contributed by atoms with Crippen LogP contribution in [-0.4, -0.2) is 21.7 Å². The van der Waals surface area contributed by atoms with Gasteiger partial charge in [-0.3, -0.25) is 9.59 Å². The van der Waals surface area contributed by atoms with Crippen molar-refractivity contribution in [3.05, 3.63) is 82.4 Å². The summed E-state index contributed by atoms with van der Waals surface area (Å²) in [4.78, 5) is 26.9. The Morgan fingerprint density at radius 1 is 1.07 bits per heavy atom. The third-order valence-corrected chi connectivity index (χ3v) is 5.28. The number of benzene rings is 2. The molecule has 1 atom stereocenters. The molecule has 1 N–H and O–H groups in total.